The van der Waals surface area contributed by atoms with Crippen LogP contribution in [0, 0.1) is 5.92 Å². The van der Waals surface area contributed by atoms with Crippen LogP contribution in [-0.4, -0.2) is 77.0 Å². The first-order chi connectivity index (χ1) is 15.7. The average Bonchev–Trinajstić information content (AvgIpc) is 2.73. The summed E-state index contributed by atoms with van der Waals surface area (Å²) in [6.45, 7) is 9.92. The van der Waals surface area contributed by atoms with E-state index in [0.29, 0.717) is 44.0 Å². The molecule has 2 aliphatic heterocycles. The van der Waals surface area contributed by atoms with E-state index in [1.165, 1.54) is 12.1 Å². The molecule has 0 unspecified atom stereocenters. The number of sulfonamides is 1. The van der Waals surface area contributed by atoms with Gasteiger partial charge in [-0.2, -0.15) is 0 Å². The van der Waals surface area contributed by atoms with E-state index < -0.39 is 25.1 Å². The second kappa shape index (κ2) is 10.2. The number of amides is 2. The van der Waals surface area contributed by atoms with Gasteiger partial charge < -0.3 is 15.1 Å². The van der Waals surface area contributed by atoms with Crippen molar-refractivity contribution < 1.29 is 21.6 Å². The molecule has 2 saturated heterocycles. The molecule has 0 aromatic heterocycles. The van der Waals surface area contributed by atoms with Crippen molar-refractivity contribution in [3.8, 4) is 0 Å². The Hall–Kier alpha value is -1.56. The molecule has 192 valence electrons. The molecule has 34 heavy (non-hydrogen) atoms. The normalized spacial score (nSPS) is 23.6. The topological polar surface area (TPSA) is 116 Å². The number of benzene rings is 1. The zero-order chi connectivity index (χ0) is 25.3. The summed E-state index contributed by atoms with van der Waals surface area (Å²) in [5.74, 6) is 0.0708. The number of nitrogens with zero attached hydrogens (tertiary/aromatic N) is 2. The molecule has 0 spiro atoms. The molecular formula is C22H35ClN4O5S2. The number of rotatable bonds is 5. The third-order valence-corrected chi connectivity index (χ3v) is 10.2. The second-order valence-corrected chi connectivity index (χ2v) is 14.9. The van der Waals surface area contributed by atoms with Crippen LogP contribution in [0.4, 0.5) is 10.5 Å². The average molecular weight is 535 g/mol. The Balaban J connectivity index is 1.59. The second-order valence-electron chi connectivity index (χ2n) is 10.2. The van der Waals surface area contributed by atoms with Gasteiger partial charge in [0.1, 0.15) is 0 Å². The molecule has 1 aromatic rings. The fourth-order valence-corrected chi connectivity index (χ4v) is 7.36. The molecule has 2 atom stereocenters. The Kier molecular flexibility index (Phi) is 8.11. The van der Waals surface area contributed by atoms with Crippen molar-refractivity contribution in [1.82, 2.24) is 14.9 Å². The smallest absolute Gasteiger partial charge is 0.317 e. The molecule has 9 nitrogen and oxygen atoms in total. The Labute approximate surface area is 208 Å². The van der Waals surface area contributed by atoms with Crippen LogP contribution in [0.3, 0.4) is 0 Å². The maximum Gasteiger partial charge on any atom is 0.317 e. The number of urea groups is 1. The Morgan fingerprint density at radius 1 is 1.18 bits per heavy atom. The highest BCUT2D eigenvalue weighted by Gasteiger charge is 2.31. The maximum atomic E-state index is 12.8. The summed E-state index contributed by atoms with van der Waals surface area (Å²) in [5.41, 5.74) is 0.419. The minimum atomic E-state index is -3.78. The molecule has 2 amide bonds. The number of sulfone groups is 1. The van der Waals surface area contributed by atoms with Gasteiger partial charge in [-0.1, -0.05) is 11.6 Å². The largest absolute Gasteiger partial charge is 0.367 e. The highest BCUT2D eigenvalue weighted by molar-refractivity contribution is 7.92. The van der Waals surface area contributed by atoms with Gasteiger partial charge in [-0.3, -0.25) is 0 Å². The lowest BCUT2D eigenvalue weighted by molar-refractivity contribution is 0.185. The Morgan fingerprint density at radius 3 is 2.38 bits per heavy atom. The first kappa shape index (κ1) is 27.0. The van der Waals surface area contributed by atoms with Crippen molar-refractivity contribution in [2.45, 2.75) is 56.2 Å². The first-order valence-corrected chi connectivity index (χ1v) is 15.1. The summed E-state index contributed by atoms with van der Waals surface area (Å²) in [4.78, 5) is 16.2. The molecule has 0 saturated carbocycles. The molecule has 0 radical (unpaired) electrons. The maximum absolute atomic E-state index is 12.8. The molecular weight excluding hydrogens is 500 g/mol. The first-order valence-electron chi connectivity index (χ1n) is 11.5. The van der Waals surface area contributed by atoms with E-state index in [1.54, 1.807) is 17.9 Å². The van der Waals surface area contributed by atoms with Crippen LogP contribution in [0.1, 0.15) is 40.5 Å². The monoisotopic (exact) mass is 534 g/mol. The van der Waals surface area contributed by atoms with Crippen LogP contribution in [-0.2, 0) is 19.9 Å². The van der Waals surface area contributed by atoms with Crippen LogP contribution in [0.2, 0.25) is 5.02 Å². The quantitative estimate of drug-likeness (QED) is 0.599. The number of halogens is 1. The van der Waals surface area contributed by atoms with Gasteiger partial charge in [-0.05, 0) is 64.7 Å². The molecule has 0 bridgehead atoms. The van der Waals surface area contributed by atoms with E-state index in [-0.39, 0.29) is 34.7 Å². The molecule has 2 aliphatic rings. The third kappa shape index (κ3) is 6.77. The third-order valence-electron chi connectivity index (χ3n) is 6.27. The number of hydrogen-bond donors (Lipinski definition) is 2. The van der Waals surface area contributed by atoms with Gasteiger partial charge >= 0.3 is 6.03 Å². The number of nitrogens with one attached hydrogen (secondary N) is 2. The van der Waals surface area contributed by atoms with Gasteiger partial charge in [-0.15, -0.1) is 0 Å². The zero-order valence-electron chi connectivity index (χ0n) is 20.2. The fraction of sp³-hybridized carbons (Fsp3) is 0.682. The van der Waals surface area contributed by atoms with Crippen molar-refractivity contribution >= 4 is 43.2 Å². The van der Waals surface area contributed by atoms with Crippen LogP contribution in [0.5, 0.6) is 0 Å². The van der Waals surface area contributed by atoms with Crippen LogP contribution in [0.25, 0.3) is 0 Å². The number of piperazine rings is 1. The highest BCUT2D eigenvalue weighted by Crippen LogP contribution is 2.30. The van der Waals surface area contributed by atoms with Gasteiger partial charge in [0.2, 0.25) is 10.0 Å². The van der Waals surface area contributed by atoms with Crippen molar-refractivity contribution in [1.29, 1.82) is 0 Å². The summed E-state index contributed by atoms with van der Waals surface area (Å²) < 4.78 is 52.0. The van der Waals surface area contributed by atoms with Crippen LogP contribution >= 0.6 is 11.6 Å². The minimum Gasteiger partial charge on any atom is -0.367 e. The number of hydrogen-bond acceptors (Lipinski definition) is 6. The number of carbonyl (C=O) groups excluding carboxylic acids is 1. The van der Waals surface area contributed by atoms with E-state index in [0.717, 1.165) is 5.69 Å². The lowest BCUT2D eigenvalue weighted by atomic mass is 10.0. The minimum absolute atomic E-state index is 0.0187. The summed E-state index contributed by atoms with van der Waals surface area (Å²) in [6, 6.07) is 4.55. The number of carbonyl (C=O) groups is 1. The van der Waals surface area contributed by atoms with E-state index in [1.807, 2.05) is 25.7 Å². The van der Waals surface area contributed by atoms with Gasteiger partial charge in [0, 0.05) is 38.3 Å². The van der Waals surface area contributed by atoms with Crippen LogP contribution in [0.15, 0.2) is 23.1 Å². The Bertz CT molecular complexity index is 1110. The van der Waals surface area contributed by atoms with Crippen molar-refractivity contribution in [2.24, 2.45) is 5.92 Å². The van der Waals surface area contributed by atoms with Gasteiger partial charge in [0.15, 0.2) is 9.84 Å². The molecule has 1 aromatic carbocycles. The standard InChI is InChI=1S/C22H35ClN4O5S2/c1-16-13-17(7-12-33(16,29)30)15-24-34(31,32)18-5-6-20(19(23)14-18)26-8-10-27(11-9-26)21(28)25-22(2,3)4/h5-6,14,16-17,24H,7-13,15H2,1-4H3,(H,25,28)/t16-,17+/m1/s1. The molecule has 2 heterocycles. The van der Waals surface area contributed by atoms with E-state index in [4.69, 9.17) is 11.6 Å². The van der Waals surface area contributed by atoms with Crippen LogP contribution < -0.4 is 14.9 Å². The highest BCUT2D eigenvalue weighted by atomic mass is 35.5. The van der Waals surface area contributed by atoms with Gasteiger partial charge in [0.05, 0.1) is 26.6 Å². The Morgan fingerprint density at radius 2 is 1.82 bits per heavy atom. The SMILES string of the molecule is C[C@@H]1C[C@@H](CNS(=O)(=O)c2ccc(N3CCN(C(=O)NC(C)(C)C)CC3)c(Cl)c2)CCS1(=O)=O. The summed E-state index contributed by atoms with van der Waals surface area (Å²) >= 11 is 6.46. The van der Waals surface area contributed by atoms with E-state index in [2.05, 4.69) is 10.0 Å². The van der Waals surface area contributed by atoms with Crippen molar-refractivity contribution in [3.63, 3.8) is 0 Å². The van der Waals surface area contributed by atoms with Crippen molar-refractivity contribution in [2.75, 3.05) is 43.4 Å². The zero-order valence-corrected chi connectivity index (χ0v) is 22.6. The molecule has 12 heteroatoms. The molecule has 3 rings (SSSR count). The van der Waals surface area contributed by atoms with Gasteiger partial charge in [-0.25, -0.2) is 26.4 Å². The summed E-state index contributed by atoms with van der Waals surface area (Å²) in [5, 5.41) is 2.83. The van der Waals surface area contributed by atoms with E-state index >= 15 is 0 Å². The predicted molar refractivity (Wildman–Crippen MR) is 135 cm³/mol. The van der Waals surface area contributed by atoms with E-state index in [9.17, 15) is 21.6 Å². The van der Waals surface area contributed by atoms with Crippen molar-refractivity contribution in [3.05, 3.63) is 23.2 Å². The molecule has 2 fully saturated rings. The fourth-order valence-electron chi connectivity index (χ4n) is 4.22. The lowest BCUT2D eigenvalue weighted by Gasteiger charge is -2.37. The lowest BCUT2D eigenvalue weighted by Crippen LogP contribution is -2.55. The summed E-state index contributed by atoms with van der Waals surface area (Å²) in [7, 11) is -6.84. The molecule has 2 N–H and O–H groups in total. The van der Waals surface area contributed by atoms with Gasteiger partial charge in [0.25, 0.3) is 0 Å². The number of anilines is 1. The molecule has 0 aliphatic carbocycles. The predicted octanol–water partition coefficient (Wildman–Crippen LogP) is 2.46. The summed E-state index contributed by atoms with van der Waals surface area (Å²) in [6.07, 6.45) is 0.902.